The van der Waals surface area contributed by atoms with Crippen LogP contribution in [-0.2, 0) is 6.42 Å². The Balaban J connectivity index is 1.79. The van der Waals surface area contributed by atoms with Crippen molar-refractivity contribution < 1.29 is 0 Å². The second kappa shape index (κ2) is 6.73. The van der Waals surface area contributed by atoms with E-state index in [0.717, 1.165) is 19.0 Å². The van der Waals surface area contributed by atoms with E-state index < -0.39 is 0 Å². The van der Waals surface area contributed by atoms with Crippen LogP contribution in [0.3, 0.4) is 0 Å². The fourth-order valence-electron chi connectivity index (χ4n) is 2.39. The Hall–Kier alpha value is -0.160. The van der Waals surface area contributed by atoms with Gasteiger partial charge >= 0.3 is 0 Å². The molecule has 0 saturated heterocycles. The van der Waals surface area contributed by atoms with Gasteiger partial charge in [-0.25, -0.2) is 0 Å². The molecule has 1 aromatic carbocycles. The van der Waals surface area contributed by atoms with Crippen LogP contribution in [0, 0.1) is 0 Å². The Kier molecular flexibility index (Phi) is 4.97. The molecule has 1 atom stereocenters. The average Bonchev–Trinajstić information content (AvgIpc) is 3.19. The topological polar surface area (TPSA) is 12.0 Å². The van der Waals surface area contributed by atoms with Crippen LogP contribution in [0.4, 0.5) is 0 Å². The molecule has 3 rings (SSSR count). The van der Waals surface area contributed by atoms with E-state index in [9.17, 15) is 0 Å². The minimum Gasteiger partial charge on any atom is -0.313 e. The van der Waals surface area contributed by atoms with Crippen molar-refractivity contribution in [2.45, 2.75) is 31.2 Å². The number of benzene rings is 1. The molecule has 1 heterocycles. The average molecular weight is 415 g/mol. The highest BCUT2D eigenvalue weighted by atomic mass is 79.9. The van der Waals surface area contributed by atoms with Gasteiger partial charge in [0.1, 0.15) is 0 Å². The van der Waals surface area contributed by atoms with Gasteiger partial charge in [-0.2, -0.15) is 0 Å². The molecule has 1 unspecified atom stereocenters. The maximum absolute atomic E-state index is 3.71. The highest BCUT2D eigenvalue weighted by molar-refractivity contribution is 9.10. The zero-order valence-corrected chi connectivity index (χ0v) is 15.1. The van der Waals surface area contributed by atoms with Gasteiger partial charge in [0.05, 0.1) is 0 Å². The van der Waals surface area contributed by atoms with Crippen LogP contribution in [0.5, 0.6) is 0 Å². The number of rotatable bonds is 6. The Bertz CT molecular complexity index is 577. The molecule has 20 heavy (non-hydrogen) atoms. The van der Waals surface area contributed by atoms with Crippen LogP contribution in [0.15, 0.2) is 44.7 Å². The summed E-state index contributed by atoms with van der Waals surface area (Å²) in [7, 11) is 0. The third-order valence-corrected chi connectivity index (χ3v) is 6.37. The molecule has 1 aliphatic carbocycles. The lowest BCUT2D eigenvalue weighted by Gasteiger charge is -2.19. The predicted molar refractivity (Wildman–Crippen MR) is 93.6 cm³/mol. The highest BCUT2D eigenvalue weighted by Gasteiger charge is 2.24. The van der Waals surface area contributed by atoms with Crippen LogP contribution in [0.1, 0.15) is 29.2 Å². The Morgan fingerprint density at radius 3 is 2.60 bits per heavy atom. The number of nitrogens with one attached hydrogen (secondary N) is 1. The quantitative estimate of drug-likeness (QED) is 0.671. The molecule has 0 aliphatic heterocycles. The Labute approximate surface area is 141 Å². The van der Waals surface area contributed by atoms with E-state index in [0.29, 0.717) is 5.92 Å². The van der Waals surface area contributed by atoms with Crippen molar-refractivity contribution >= 4 is 43.2 Å². The van der Waals surface area contributed by atoms with Crippen LogP contribution >= 0.6 is 43.2 Å². The van der Waals surface area contributed by atoms with Gasteiger partial charge in [-0.3, -0.25) is 0 Å². The molecular formula is C16H17Br2NS. The molecule has 0 amide bonds. The van der Waals surface area contributed by atoms with E-state index in [1.54, 1.807) is 0 Å². The van der Waals surface area contributed by atoms with E-state index in [4.69, 9.17) is 0 Å². The van der Waals surface area contributed by atoms with Gasteiger partial charge < -0.3 is 5.32 Å². The lowest BCUT2D eigenvalue weighted by Crippen LogP contribution is -2.25. The van der Waals surface area contributed by atoms with Gasteiger partial charge in [0.15, 0.2) is 0 Å². The van der Waals surface area contributed by atoms with E-state index in [1.165, 1.54) is 32.2 Å². The zero-order valence-electron chi connectivity index (χ0n) is 11.1. The first-order valence-electron chi connectivity index (χ1n) is 6.93. The standard InChI is InChI=1S/C16H17Br2NS/c17-14-4-2-1-3-13(14)11(10-19-12-5-6-12)9-16-15(18)7-8-20-16/h1-4,7-8,11-12,19H,5-6,9-10H2. The van der Waals surface area contributed by atoms with E-state index in [2.05, 4.69) is 72.9 Å². The molecule has 0 radical (unpaired) electrons. The maximum atomic E-state index is 3.71. The SMILES string of the molecule is Brc1ccccc1C(CNC1CC1)Cc1sccc1Br. The molecule has 1 fully saturated rings. The van der Waals surface area contributed by atoms with Crippen LogP contribution in [0.25, 0.3) is 0 Å². The second-order valence-electron chi connectivity index (χ2n) is 5.30. The first-order valence-corrected chi connectivity index (χ1v) is 9.40. The molecule has 2 aromatic rings. The van der Waals surface area contributed by atoms with Crippen molar-refractivity contribution in [1.82, 2.24) is 5.32 Å². The molecule has 1 nitrogen and oxygen atoms in total. The molecule has 0 spiro atoms. The first kappa shape index (κ1) is 14.8. The summed E-state index contributed by atoms with van der Waals surface area (Å²) in [5.74, 6) is 0.515. The largest absolute Gasteiger partial charge is 0.313 e. The fraction of sp³-hybridized carbons (Fsp3) is 0.375. The summed E-state index contributed by atoms with van der Waals surface area (Å²) < 4.78 is 2.46. The van der Waals surface area contributed by atoms with Gasteiger partial charge in [-0.1, -0.05) is 34.1 Å². The van der Waals surface area contributed by atoms with E-state index in [-0.39, 0.29) is 0 Å². The normalized spacial score (nSPS) is 16.3. The number of hydrogen-bond donors (Lipinski definition) is 1. The molecule has 1 saturated carbocycles. The molecule has 1 N–H and O–H groups in total. The lowest BCUT2D eigenvalue weighted by atomic mass is 9.95. The molecule has 0 bridgehead atoms. The first-order chi connectivity index (χ1) is 9.74. The summed E-state index contributed by atoms with van der Waals surface area (Å²) in [6.07, 6.45) is 3.76. The van der Waals surface area contributed by atoms with Crippen molar-refractivity contribution in [3.63, 3.8) is 0 Å². The minimum absolute atomic E-state index is 0.515. The molecule has 106 valence electrons. The monoisotopic (exact) mass is 413 g/mol. The molecule has 4 heteroatoms. The zero-order chi connectivity index (χ0) is 13.9. The van der Waals surface area contributed by atoms with Crippen molar-refractivity contribution in [2.75, 3.05) is 6.54 Å². The summed E-state index contributed by atoms with van der Waals surface area (Å²) in [4.78, 5) is 1.43. The molecule has 1 aromatic heterocycles. The summed E-state index contributed by atoms with van der Waals surface area (Å²) in [6.45, 7) is 1.05. The Morgan fingerprint density at radius 1 is 1.15 bits per heavy atom. The summed E-state index contributed by atoms with van der Waals surface area (Å²) in [5.41, 5.74) is 1.40. The van der Waals surface area contributed by atoms with Crippen molar-refractivity contribution in [3.8, 4) is 0 Å². The Morgan fingerprint density at radius 2 is 1.95 bits per heavy atom. The predicted octanol–water partition coefficient (Wildman–Crippen LogP) is 5.35. The lowest BCUT2D eigenvalue weighted by molar-refractivity contribution is 0.578. The van der Waals surface area contributed by atoms with Crippen molar-refractivity contribution in [1.29, 1.82) is 0 Å². The van der Waals surface area contributed by atoms with Crippen LogP contribution in [0.2, 0.25) is 0 Å². The number of hydrogen-bond acceptors (Lipinski definition) is 2. The van der Waals surface area contributed by atoms with Gasteiger partial charge in [0.2, 0.25) is 0 Å². The number of thiophene rings is 1. The van der Waals surface area contributed by atoms with Gasteiger partial charge in [-0.05, 0) is 58.3 Å². The third kappa shape index (κ3) is 3.73. The van der Waals surface area contributed by atoms with Crippen molar-refractivity contribution in [3.05, 3.63) is 55.1 Å². The van der Waals surface area contributed by atoms with E-state index in [1.807, 2.05) is 11.3 Å². The number of halogens is 2. The third-order valence-electron chi connectivity index (χ3n) is 3.70. The van der Waals surface area contributed by atoms with Gasteiger partial charge in [-0.15, -0.1) is 11.3 Å². The highest BCUT2D eigenvalue weighted by Crippen LogP contribution is 2.33. The van der Waals surface area contributed by atoms with Crippen LogP contribution < -0.4 is 5.32 Å². The van der Waals surface area contributed by atoms with Crippen molar-refractivity contribution in [2.24, 2.45) is 0 Å². The fourth-order valence-corrected chi connectivity index (χ4v) is 4.59. The van der Waals surface area contributed by atoms with Gasteiger partial charge in [0.25, 0.3) is 0 Å². The van der Waals surface area contributed by atoms with E-state index >= 15 is 0 Å². The maximum Gasteiger partial charge on any atom is 0.0314 e. The van der Waals surface area contributed by atoms with Crippen LogP contribution in [-0.4, -0.2) is 12.6 Å². The summed E-state index contributed by atoms with van der Waals surface area (Å²) in [5, 5.41) is 5.84. The molecular weight excluding hydrogens is 398 g/mol. The second-order valence-corrected chi connectivity index (χ2v) is 8.01. The summed E-state index contributed by atoms with van der Waals surface area (Å²) >= 11 is 9.20. The minimum atomic E-state index is 0.515. The summed E-state index contributed by atoms with van der Waals surface area (Å²) in [6, 6.07) is 11.5. The molecule has 1 aliphatic rings. The van der Waals surface area contributed by atoms with Gasteiger partial charge in [0, 0.05) is 32.3 Å². The smallest absolute Gasteiger partial charge is 0.0314 e.